The zero-order valence-corrected chi connectivity index (χ0v) is 14.0. The highest BCUT2D eigenvalue weighted by molar-refractivity contribution is 7.81. The quantitative estimate of drug-likeness (QED) is 0.676. The van der Waals surface area contributed by atoms with E-state index in [4.69, 9.17) is 12.8 Å². The van der Waals surface area contributed by atoms with E-state index >= 15 is 0 Å². The SMILES string of the molecule is CC(C)n1nnc2c1-c1ccccc1CN(S)c1ccccc1-2. The van der Waals surface area contributed by atoms with Gasteiger partial charge in [0.2, 0.25) is 0 Å². The Morgan fingerprint density at radius 2 is 1.70 bits per heavy atom. The van der Waals surface area contributed by atoms with Gasteiger partial charge in [-0.1, -0.05) is 60.5 Å². The molecule has 0 atom stereocenters. The number of anilines is 1. The zero-order valence-electron chi connectivity index (χ0n) is 13.1. The number of para-hydroxylation sites is 1. The van der Waals surface area contributed by atoms with Crippen LogP contribution in [0.3, 0.4) is 0 Å². The molecule has 0 N–H and O–H groups in total. The number of thiol groups is 1. The summed E-state index contributed by atoms with van der Waals surface area (Å²) in [4.78, 5) is 0. The van der Waals surface area contributed by atoms with Gasteiger partial charge in [-0.2, -0.15) is 0 Å². The fraction of sp³-hybridized carbons (Fsp3) is 0.222. The topological polar surface area (TPSA) is 34.0 Å². The Bertz CT molecular complexity index is 869. The van der Waals surface area contributed by atoms with Gasteiger partial charge in [-0.25, -0.2) is 4.68 Å². The maximum atomic E-state index is 4.70. The van der Waals surface area contributed by atoms with Crippen LogP contribution in [0.1, 0.15) is 25.5 Å². The molecular weight excluding hydrogens is 304 g/mol. The van der Waals surface area contributed by atoms with Crippen LogP contribution in [0.4, 0.5) is 5.69 Å². The van der Waals surface area contributed by atoms with E-state index in [0.717, 1.165) is 29.2 Å². The van der Waals surface area contributed by atoms with Crippen molar-refractivity contribution in [3.8, 4) is 22.5 Å². The molecule has 0 radical (unpaired) electrons. The van der Waals surface area contributed by atoms with Gasteiger partial charge in [-0.15, -0.1) is 5.10 Å². The maximum Gasteiger partial charge on any atom is 0.123 e. The summed E-state index contributed by atoms with van der Waals surface area (Å²) >= 11 is 4.70. The molecule has 0 saturated carbocycles. The number of hydrogen-bond acceptors (Lipinski definition) is 4. The second kappa shape index (κ2) is 5.42. The fourth-order valence-corrected chi connectivity index (χ4v) is 3.45. The summed E-state index contributed by atoms with van der Waals surface area (Å²) in [6.45, 7) is 5.00. The summed E-state index contributed by atoms with van der Waals surface area (Å²) in [5, 5.41) is 8.93. The Kier molecular flexibility index (Phi) is 3.38. The molecule has 1 aliphatic heterocycles. The third kappa shape index (κ3) is 2.23. The molecule has 0 amide bonds. The van der Waals surface area contributed by atoms with Crippen LogP contribution in [0.15, 0.2) is 48.5 Å². The molecule has 116 valence electrons. The lowest BCUT2D eigenvalue weighted by atomic mass is 9.96. The first-order valence-electron chi connectivity index (χ1n) is 7.76. The molecule has 4 nitrogen and oxygen atoms in total. The Balaban J connectivity index is 2.10. The van der Waals surface area contributed by atoms with Crippen molar-refractivity contribution in [2.75, 3.05) is 4.31 Å². The fourth-order valence-electron chi connectivity index (χ4n) is 3.12. The van der Waals surface area contributed by atoms with E-state index in [1.807, 2.05) is 21.1 Å². The van der Waals surface area contributed by atoms with Crippen molar-refractivity contribution >= 4 is 18.5 Å². The highest BCUT2D eigenvalue weighted by Crippen LogP contribution is 2.41. The third-order valence-corrected chi connectivity index (χ3v) is 4.57. The van der Waals surface area contributed by atoms with Crippen LogP contribution in [-0.4, -0.2) is 15.0 Å². The van der Waals surface area contributed by atoms with Crippen LogP contribution in [-0.2, 0) is 6.54 Å². The summed E-state index contributed by atoms with van der Waals surface area (Å²) in [6, 6.07) is 16.9. The molecule has 1 aromatic heterocycles. The molecule has 0 saturated heterocycles. The standard InChI is InChI=1S/C18H18N4S/c1-12(2)22-18-14-8-4-3-7-13(14)11-21(23)16-10-6-5-9-15(16)17(18)19-20-22/h3-10,12,23H,11H2,1-2H3. The van der Waals surface area contributed by atoms with Crippen LogP contribution >= 0.6 is 12.8 Å². The molecule has 2 heterocycles. The normalized spacial score (nSPS) is 13.1. The largest absolute Gasteiger partial charge is 0.314 e. The minimum Gasteiger partial charge on any atom is -0.314 e. The second-order valence-corrected chi connectivity index (χ2v) is 6.54. The van der Waals surface area contributed by atoms with Gasteiger partial charge >= 0.3 is 0 Å². The van der Waals surface area contributed by atoms with Gasteiger partial charge in [0, 0.05) is 17.2 Å². The Morgan fingerprint density at radius 1 is 1.00 bits per heavy atom. The predicted molar refractivity (Wildman–Crippen MR) is 96.4 cm³/mol. The van der Waals surface area contributed by atoms with Crippen molar-refractivity contribution < 1.29 is 0 Å². The third-order valence-electron chi connectivity index (χ3n) is 4.21. The lowest BCUT2D eigenvalue weighted by molar-refractivity contribution is 0.519. The van der Waals surface area contributed by atoms with Gasteiger partial charge in [-0.3, -0.25) is 0 Å². The Morgan fingerprint density at radius 3 is 2.48 bits per heavy atom. The van der Waals surface area contributed by atoms with E-state index in [-0.39, 0.29) is 6.04 Å². The van der Waals surface area contributed by atoms with Crippen molar-refractivity contribution in [3.63, 3.8) is 0 Å². The van der Waals surface area contributed by atoms with Gasteiger partial charge in [0.05, 0.1) is 17.9 Å². The van der Waals surface area contributed by atoms with Crippen molar-refractivity contribution in [1.82, 2.24) is 15.0 Å². The number of hydrogen-bond donors (Lipinski definition) is 1. The van der Waals surface area contributed by atoms with E-state index in [9.17, 15) is 0 Å². The van der Waals surface area contributed by atoms with Gasteiger partial charge in [0.25, 0.3) is 0 Å². The lowest BCUT2D eigenvalue weighted by Crippen LogP contribution is -2.15. The summed E-state index contributed by atoms with van der Waals surface area (Å²) in [7, 11) is 0. The molecule has 0 bridgehead atoms. The van der Waals surface area contributed by atoms with Crippen molar-refractivity contribution in [2.45, 2.75) is 26.4 Å². The van der Waals surface area contributed by atoms with Crippen LogP contribution in [0.25, 0.3) is 22.5 Å². The highest BCUT2D eigenvalue weighted by Gasteiger charge is 2.25. The molecule has 23 heavy (non-hydrogen) atoms. The molecule has 3 aromatic rings. The van der Waals surface area contributed by atoms with Crippen molar-refractivity contribution in [2.24, 2.45) is 0 Å². The maximum absolute atomic E-state index is 4.70. The van der Waals surface area contributed by atoms with Crippen LogP contribution in [0.2, 0.25) is 0 Å². The minimum absolute atomic E-state index is 0.248. The monoisotopic (exact) mass is 322 g/mol. The van der Waals surface area contributed by atoms with Crippen molar-refractivity contribution in [3.05, 3.63) is 54.1 Å². The van der Waals surface area contributed by atoms with Gasteiger partial charge in [0.15, 0.2) is 0 Å². The molecule has 5 heteroatoms. The minimum atomic E-state index is 0.248. The predicted octanol–water partition coefficient (Wildman–Crippen LogP) is 4.36. The van der Waals surface area contributed by atoms with E-state index in [1.54, 1.807) is 0 Å². The molecule has 4 rings (SSSR count). The second-order valence-electron chi connectivity index (χ2n) is 6.06. The molecular formula is C18H18N4S. The molecule has 1 aliphatic rings. The van der Waals surface area contributed by atoms with Crippen LogP contribution in [0.5, 0.6) is 0 Å². The van der Waals surface area contributed by atoms with E-state index < -0.39 is 0 Å². The highest BCUT2D eigenvalue weighted by atomic mass is 32.1. The molecule has 0 aliphatic carbocycles. The lowest BCUT2D eigenvalue weighted by Gasteiger charge is -2.25. The summed E-state index contributed by atoms with van der Waals surface area (Å²) in [6.07, 6.45) is 0. The first kappa shape index (κ1) is 14.3. The average molecular weight is 322 g/mol. The molecule has 0 spiro atoms. The average Bonchev–Trinajstić information content (AvgIpc) is 2.99. The van der Waals surface area contributed by atoms with Crippen LogP contribution < -0.4 is 4.31 Å². The smallest absolute Gasteiger partial charge is 0.123 e. The number of benzene rings is 2. The Labute approximate surface area is 141 Å². The summed E-state index contributed by atoms with van der Waals surface area (Å²) in [5.74, 6) is 0. The van der Waals surface area contributed by atoms with E-state index in [0.29, 0.717) is 0 Å². The number of aromatic nitrogens is 3. The van der Waals surface area contributed by atoms with E-state index in [2.05, 4.69) is 60.6 Å². The van der Waals surface area contributed by atoms with Gasteiger partial charge in [-0.05, 0) is 25.5 Å². The molecule has 0 unspecified atom stereocenters. The zero-order chi connectivity index (χ0) is 16.0. The van der Waals surface area contributed by atoms with Crippen molar-refractivity contribution in [1.29, 1.82) is 0 Å². The Hall–Kier alpha value is -2.27. The number of rotatable bonds is 1. The van der Waals surface area contributed by atoms with E-state index in [1.165, 1.54) is 11.1 Å². The summed E-state index contributed by atoms with van der Waals surface area (Å²) in [5.41, 5.74) is 6.53. The summed E-state index contributed by atoms with van der Waals surface area (Å²) < 4.78 is 3.99. The number of nitrogens with zero attached hydrogens (tertiary/aromatic N) is 4. The van der Waals surface area contributed by atoms with Gasteiger partial charge in [0.1, 0.15) is 5.69 Å². The molecule has 0 fully saturated rings. The first-order chi connectivity index (χ1) is 11.2. The number of fused-ring (bicyclic) bond motifs is 5. The van der Waals surface area contributed by atoms with Gasteiger partial charge < -0.3 is 4.31 Å². The molecule has 2 aromatic carbocycles. The first-order valence-corrected chi connectivity index (χ1v) is 8.16. The van der Waals surface area contributed by atoms with Crippen LogP contribution in [0, 0.1) is 0 Å².